The minimum Gasteiger partial charge on any atom is -0.339 e. The number of benzene rings is 5. The first-order chi connectivity index (χ1) is 20.1. The van der Waals surface area contributed by atoms with Gasteiger partial charge in [0.05, 0.1) is 6.33 Å². The van der Waals surface area contributed by atoms with Gasteiger partial charge in [0, 0.05) is 18.6 Å². The predicted molar refractivity (Wildman–Crippen MR) is 179 cm³/mol. The van der Waals surface area contributed by atoms with Crippen LogP contribution in [0, 0.1) is 13.8 Å². The fourth-order valence-corrected chi connectivity index (χ4v) is 10.4. The lowest BCUT2D eigenvalue weighted by Gasteiger charge is -2.34. The van der Waals surface area contributed by atoms with Crippen molar-refractivity contribution in [2.24, 2.45) is 0 Å². The smallest absolute Gasteiger partial charge is 0.206 e. The molecular formula is C37H37BN2Si. The van der Waals surface area contributed by atoms with Gasteiger partial charge in [-0.25, -0.2) is 4.98 Å². The van der Waals surface area contributed by atoms with Crippen LogP contribution in [0.1, 0.15) is 11.1 Å². The largest absolute Gasteiger partial charge is 0.339 e. The second-order valence-electron chi connectivity index (χ2n) is 10.8. The van der Waals surface area contributed by atoms with E-state index in [1.54, 1.807) is 0 Å². The molecule has 0 atom stereocenters. The number of nitrogens with zero attached hydrogens (tertiary/aromatic N) is 2. The summed E-state index contributed by atoms with van der Waals surface area (Å²) in [6.45, 7) is 7.09. The molecule has 1 heterocycles. The molecule has 4 heteroatoms. The van der Waals surface area contributed by atoms with Crippen molar-refractivity contribution < 1.29 is 0 Å². The number of imidazole rings is 1. The molecule has 0 fully saturated rings. The first kappa shape index (κ1) is 28.1. The molecule has 5 aromatic carbocycles. The maximum atomic E-state index is 4.31. The standard InChI is InChI=1S/C24H24N2Si.C13H13B/c1-20-8-6-12-23(16-20)27(19-26-15-14-25-18-26,22-10-4-3-5-11-22)24-13-7-9-21(2)17-24;1-14(12-8-4-2-5-9-12)13-10-6-3-7-11-13/h3-18H,19H2,1-2H3;2-11H,1H3. The summed E-state index contributed by atoms with van der Waals surface area (Å²) in [6, 6.07) is 50.3. The third-order valence-electron chi connectivity index (χ3n) is 7.87. The van der Waals surface area contributed by atoms with E-state index in [0.717, 1.165) is 6.17 Å². The van der Waals surface area contributed by atoms with Crippen LogP contribution < -0.4 is 26.5 Å². The Morgan fingerprint density at radius 1 is 0.585 bits per heavy atom. The number of rotatable bonds is 7. The normalized spacial score (nSPS) is 10.9. The van der Waals surface area contributed by atoms with Crippen LogP contribution in [0.15, 0.2) is 158 Å². The van der Waals surface area contributed by atoms with Crippen molar-refractivity contribution in [1.82, 2.24) is 9.55 Å². The molecule has 0 aliphatic carbocycles. The predicted octanol–water partition coefficient (Wildman–Crippen LogP) is 5.13. The van der Waals surface area contributed by atoms with Crippen LogP contribution in [-0.4, -0.2) is 24.3 Å². The molecule has 0 bridgehead atoms. The highest BCUT2D eigenvalue weighted by molar-refractivity contribution is 7.10. The van der Waals surface area contributed by atoms with Crippen molar-refractivity contribution >= 4 is 41.3 Å². The molecule has 202 valence electrons. The van der Waals surface area contributed by atoms with Gasteiger partial charge in [-0.3, -0.25) is 0 Å². The van der Waals surface area contributed by atoms with Gasteiger partial charge in [0.1, 0.15) is 0 Å². The van der Waals surface area contributed by atoms with Gasteiger partial charge in [-0.15, -0.1) is 0 Å². The molecule has 0 spiro atoms. The van der Waals surface area contributed by atoms with Crippen LogP contribution in [-0.2, 0) is 6.17 Å². The Bertz CT molecular complexity index is 1550. The summed E-state index contributed by atoms with van der Waals surface area (Å²) in [4.78, 5) is 4.31. The van der Waals surface area contributed by atoms with E-state index in [0.29, 0.717) is 6.71 Å². The van der Waals surface area contributed by atoms with Crippen LogP contribution in [0.2, 0.25) is 6.82 Å². The first-order valence-corrected chi connectivity index (χ1v) is 16.5. The molecule has 0 aliphatic rings. The maximum absolute atomic E-state index is 4.31. The molecule has 1 aromatic heterocycles. The zero-order valence-corrected chi connectivity index (χ0v) is 25.2. The van der Waals surface area contributed by atoms with E-state index in [2.05, 4.69) is 176 Å². The van der Waals surface area contributed by atoms with Crippen molar-refractivity contribution in [2.75, 3.05) is 0 Å². The highest BCUT2D eigenvalue weighted by atomic mass is 28.3. The molecule has 6 rings (SSSR count). The van der Waals surface area contributed by atoms with Crippen LogP contribution in [0.5, 0.6) is 0 Å². The van der Waals surface area contributed by atoms with E-state index in [9.17, 15) is 0 Å². The number of aromatic nitrogens is 2. The van der Waals surface area contributed by atoms with Gasteiger partial charge in [0.2, 0.25) is 6.71 Å². The molecular weight excluding hydrogens is 511 g/mol. The molecule has 0 saturated carbocycles. The van der Waals surface area contributed by atoms with E-state index in [1.807, 2.05) is 12.5 Å². The summed E-state index contributed by atoms with van der Waals surface area (Å²) in [7, 11) is -2.27. The number of aryl methyl sites for hydroxylation is 2. The quantitative estimate of drug-likeness (QED) is 0.200. The van der Waals surface area contributed by atoms with E-state index in [1.165, 1.54) is 37.6 Å². The highest BCUT2D eigenvalue weighted by Gasteiger charge is 2.40. The molecule has 2 nitrogen and oxygen atoms in total. The maximum Gasteiger partial charge on any atom is 0.206 e. The zero-order valence-electron chi connectivity index (χ0n) is 24.2. The second kappa shape index (κ2) is 13.3. The Morgan fingerprint density at radius 2 is 1.05 bits per heavy atom. The Hall–Kier alpha value is -4.41. The van der Waals surface area contributed by atoms with E-state index < -0.39 is 8.07 Å². The third-order valence-corrected chi connectivity index (χ3v) is 12.6. The van der Waals surface area contributed by atoms with Gasteiger partial charge < -0.3 is 4.57 Å². The van der Waals surface area contributed by atoms with Crippen LogP contribution in [0.4, 0.5) is 0 Å². The van der Waals surface area contributed by atoms with Crippen molar-refractivity contribution in [1.29, 1.82) is 0 Å². The summed E-state index contributed by atoms with van der Waals surface area (Å²) >= 11 is 0. The van der Waals surface area contributed by atoms with Gasteiger partial charge in [-0.2, -0.15) is 0 Å². The van der Waals surface area contributed by atoms with Gasteiger partial charge in [0.25, 0.3) is 0 Å². The molecule has 0 amide bonds. The van der Waals surface area contributed by atoms with Crippen molar-refractivity contribution in [3.05, 3.63) is 169 Å². The molecule has 41 heavy (non-hydrogen) atoms. The zero-order chi connectivity index (χ0) is 28.5. The number of hydrogen-bond donors (Lipinski definition) is 0. The van der Waals surface area contributed by atoms with E-state index >= 15 is 0 Å². The Kier molecular flexibility index (Phi) is 9.12. The van der Waals surface area contributed by atoms with E-state index in [-0.39, 0.29) is 0 Å². The molecule has 0 radical (unpaired) electrons. The van der Waals surface area contributed by atoms with Gasteiger partial charge in [-0.1, -0.05) is 168 Å². The monoisotopic (exact) mass is 548 g/mol. The lowest BCUT2D eigenvalue weighted by molar-refractivity contribution is 0.862. The average Bonchev–Trinajstić information content (AvgIpc) is 3.54. The van der Waals surface area contributed by atoms with Gasteiger partial charge in [0.15, 0.2) is 8.07 Å². The fraction of sp³-hybridized carbons (Fsp3) is 0.108. The first-order valence-electron chi connectivity index (χ1n) is 14.3. The van der Waals surface area contributed by atoms with Crippen molar-refractivity contribution in [3.8, 4) is 0 Å². The number of hydrogen-bond acceptors (Lipinski definition) is 1. The van der Waals surface area contributed by atoms with Crippen LogP contribution >= 0.6 is 0 Å². The Morgan fingerprint density at radius 3 is 1.49 bits per heavy atom. The summed E-state index contributed by atoms with van der Waals surface area (Å²) in [5.41, 5.74) is 5.36. The second-order valence-corrected chi connectivity index (χ2v) is 14.6. The van der Waals surface area contributed by atoms with Crippen molar-refractivity contribution in [3.63, 3.8) is 0 Å². The highest BCUT2D eigenvalue weighted by Crippen LogP contribution is 2.13. The van der Waals surface area contributed by atoms with Crippen LogP contribution in [0.25, 0.3) is 0 Å². The fourth-order valence-electron chi connectivity index (χ4n) is 5.65. The molecule has 0 N–H and O–H groups in total. The van der Waals surface area contributed by atoms with Gasteiger partial charge in [-0.05, 0) is 29.4 Å². The molecule has 0 saturated heterocycles. The molecule has 6 aromatic rings. The molecule has 0 unspecified atom stereocenters. The Balaban J connectivity index is 0.000000202. The minimum absolute atomic E-state index is 0.484. The minimum atomic E-state index is -2.27. The summed E-state index contributed by atoms with van der Waals surface area (Å²) < 4.78 is 2.24. The lowest BCUT2D eigenvalue weighted by Crippen LogP contribution is -2.69. The summed E-state index contributed by atoms with van der Waals surface area (Å²) in [6.07, 6.45) is 6.83. The SMILES string of the molecule is CB(c1ccccc1)c1ccccc1.Cc1cccc([Si](Cn2ccnc2)(c2ccccc2)c2cccc(C)c2)c1. The van der Waals surface area contributed by atoms with Gasteiger partial charge >= 0.3 is 0 Å². The summed E-state index contributed by atoms with van der Waals surface area (Å²) in [5, 5.41) is 4.30. The third kappa shape index (κ3) is 6.67. The lowest BCUT2D eigenvalue weighted by atomic mass is 9.43. The van der Waals surface area contributed by atoms with Crippen molar-refractivity contribution in [2.45, 2.75) is 26.8 Å². The molecule has 0 aliphatic heterocycles. The average molecular weight is 549 g/mol. The topological polar surface area (TPSA) is 17.8 Å². The Labute approximate surface area is 246 Å². The van der Waals surface area contributed by atoms with E-state index in [4.69, 9.17) is 0 Å². The summed E-state index contributed by atoms with van der Waals surface area (Å²) in [5.74, 6) is 0. The van der Waals surface area contributed by atoms with Crippen LogP contribution in [0.3, 0.4) is 0 Å².